The van der Waals surface area contributed by atoms with Crippen LogP contribution in [0.5, 0.6) is 0 Å². The van der Waals surface area contributed by atoms with Gasteiger partial charge in [0.05, 0.1) is 0 Å². The fourth-order valence-corrected chi connectivity index (χ4v) is 1.85. The van der Waals surface area contributed by atoms with E-state index in [1.807, 2.05) is 17.6 Å². The number of anilines is 1. The first-order chi connectivity index (χ1) is 7.95. The smallest absolute Gasteiger partial charge is 0.157 e. The average molecular weight is 253 g/mol. The summed E-state index contributed by atoms with van der Waals surface area (Å²) in [4.78, 5) is 6.36. The van der Waals surface area contributed by atoms with Crippen molar-refractivity contribution in [3.8, 4) is 0 Å². The van der Waals surface area contributed by atoms with Crippen LogP contribution in [0.3, 0.4) is 0 Å². The third kappa shape index (κ3) is 2.09. The standard InChI is InChI=1S/C12H17ClN4/c1-9-5-10-14-8-15-17(10)11(6-9)16(4)12(2,3)7-13/h5-6,8H,7H2,1-4H3. The topological polar surface area (TPSA) is 33.4 Å². The van der Waals surface area contributed by atoms with Gasteiger partial charge in [-0.15, -0.1) is 11.6 Å². The van der Waals surface area contributed by atoms with Crippen LogP contribution in [0.4, 0.5) is 5.82 Å². The van der Waals surface area contributed by atoms with Gasteiger partial charge < -0.3 is 4.90 Å². The van der Waals surface area contributed by atoms with Gasteiger partial charge in [0.25, 0.3) is 0 Å². The molecule has 0 saturated heterocycles. The van der Waals surface area contributed by atoms with E-state index in [-0.39, 0.29) is 5.54 Å². The van der Waals surface area contributed by atoms with Gasteiger partial charge in [-0.1, -0.05) is 0 Å². The number of hydrogen-bond donors (Lipinski definition) is 0. The van der Waals surface area contributed by atoms with E-state index in [0.717, 1.165) is 17.0 Å². The van der Waals surface area contributed by atoms with E-state index in [1.54, 1.807) is 6.33 Å². The molecule has 2 rings (SSSR count). The average Bonchev–Trinajstić information content (AvgIpc) is 2.74. The molecule has 2 aromatic heterocycles. The zero-order chi connectivity index (χ0) is 12.6. The van der Waals surface area contributed by atoms with Gasteiger partial charge in [-0.25, -0.2) is 4.98 Å². The SMILES string of the molecule is Cc1cc(N(C)C(C)(C)CCl)n2ncnc2c1. The van der Waals surface area contributed by atoms with Gasteiger partial charge >= 0.3 is 0 Å². The summed E-state index contributed by atoms with van der Waals surface area (Å²) in [7, 11) is 2.03. The normalized spacial score (nSPS) is 12.1. The lowest BCUT2D eigenvalue weighted by molar-refractivity contribution is 0.535. The molecule has 0 fully saturated rings. The molecule has 0 radical (unpaired) electrons. The molecule has 0 unspecified atom stereocenters. The van der Waals surface area contributed by atoms with E-state index in [0.29, 0.717) is 5.88 Å². The van der Waals surface area contributed by atoms with Crippen molar-refractivity contribution in [1.29, 1.82) is 0 Å². The molecule has 92 valence electrons. The Morgan fingerprint density at radius 2 is 2.12 bits per heavy atom. The largest absolute Gasteiger partial charge is 0.353 e. The molecule has 4 nitrogen and oxygen atoms in total. The summed E-state index contributed by atoms with van der Waals surface area (Å²) in [5, 5.41) is 4.25. The highest BCUT2D eigenvalue weighted by Crippen LogP contribution is 2.24. The molecule has 0 aromatic carbocycles. The fourth-order valence-electron chi connectivity index (χ4n) is 1.67. The minimum absolute atomic E-state index is 0.131. The zero-order valence-electron chi connectivity index (χ0n) is 10.6. The molecule has 0 amide bonds. The van der Waals surface area contributed by atoms with Crippen molar-refractivity contribution < 1.29 is 0 Å². The lowest BCUT2D eigenvalue weighted by atomic mass is 10.1. The van der Waals surface area contributed by atoms with E-state index in [4.69, 9.17) is 11.6 Å². The third-order valence-electron chi connectivity index (χ3n) is 3.08. The van der Waals surface area contributed by atoms with Crippen molar-refractivity contribution in [2.24, 2.45) is 0 Å². The number of rotatable bonds is 3. The second-order valence-corrected chi connectivity index (χ2v) is 5.19. The van der Waals surface area contributed by atoms with Crippen LogP contribution in [0.15, 0.2) is 18.5 Å². The van der Waals surface area contributed by atoms with Gasteiger partial charge in [0.15, 0.2) is 5.65 Å². The van der Waals surface area contributed by atoms with Crippen molar-refractivity contribution >= 4 is 23.1 Å². The Hall–Kier alpha value is -1.29. The highest BCUT2D eigenvalue weighted by molar-refractivity contribution is 6.18. The van der Waals surface area contributed by atoms with Crippen molar-refractivity contribution in [2.75, 3.05) is 17.8 Å². The number of aromatic nitrogens is 3. The summed E-state index contributed by atoms with van der Waals surface area (Å²) < 4.78 is 1.83. The number of halogens is 1. The molecule has 0 bridgehead atoms. The zero-order valence-corrected chi connectivity index (χ0v) is 11.4. The second-order valence-electron chi connectivity index (χ2n) is 4.93. The van der Waals surface area contributed by atoms with Crippen LogP contribution in [0, 0.1) is 6.92 Å². The molecule has 0 saturated carbocycles. The summed E-state index contributed by atoms with van der Waals surface area (Å²) >= 11 is 6.02. The van der Waals surface area contributed by atoms with E-state index < -0.39 is 0 Å². The number of pyridine rings is 1. The van der Waals surface area contributed by atoms with E-state index in [2.05, 4.69) is 41.8 Å². The summed E-state index contributed by atoms with van der Waals surface area (Å²) in [6.45, 7) is 6.26. The molecule has 0 aliphatic rings. The van der Waals surface area contributed by atoms with Crippen LogP contribution in [-0.4, -0.2) is 33.1 Å². The minimum Gasteiger partial charge on any atom is -0.353 e. The van der Waals surface area contributed by atoms with Crippen LogP contribution >= 0.6 is 11.6 Å². The molecule has 2 aromatic rings. The molecule has 0 atom stereocenters. The van der Waals surface area contributed by atoms with Crippen LogP contribution in [0.25, 0.3) is 5.65 Å². The monoisotopic (exact) mass is 252 g/mol. The predicted molar refractivity (Wildman–Crippen MR) is 70.9 cm³/mol. The fraction of sp³-hybridized carbons (Fsp3) is 0.500. The Kier molecular flexibility index (Phi) is 3.00. The molecule has 0 aliphatic carbocycles. The van der Waals surface area contributed by atoms with Gasteiger partial charge in [0, 0.05) is 18.5 Å². The molecule has 17 heavy (non-hydrogen) atoms. The Bertz CT molecular complexity index is 532. The first-order valence-corrected chi connectivity index (χ1v) is 6.09. The van der Waals surface area contributed by atoms with E-state index >= 15 is 0 Å². The van der Waals surface area contributed by atoms with Crippen LogP contribution in [0.2, 0.25) is 0 Å². The molecule has 0 spiro atoms. The maximum Gasteiger partial charge on any atom is 0.157 e. The van der Waals surface area contributed by atoms with Crippen molar-refractivity contribution in [1.82, 2.24) is 14.6 Å². The maximum absolute atomic E-state index is 6.02. The molecule has 5 heteroatoms. The highest BCUT2D eigenvalue weighted by atomic mass is 35.5. The first kappa shape index (κ1) is 12.2. The van der Waals surface area contributed by atoms with Gasteiger partial charge in [0.2, 0.25) is 0 Å². The van der Waals surface area contributed by atoms with Crippen molar-refractivity contribution in [3.63, 3.8) is 0 Å². The first-order valence-electron chi connectivity index (χ1n) is 5.56. The number of fused-ring (bicyclic) bond motifs is 1. The minimum atomic E-state index is -0.131. The third-order valence-corrected chi connectivity index (χ3v) is 3.74. The van der Waals surface area contributed by atoms with Gasteiger partial charge in [-0.3, -0.25) is 0 Å². The lowest BCUT2D eigenvalue weighted by Gasteiger charge is -2.35. The summed E-state index contributed by atoms with van der Waals surface area (Å²) in [5.41, 5.74) is 1.89. The maximum atomic E-state index is 6.02. The molecule has 0 N–H and O–H groups in total. The second kappa shape index (κ2) is 4.18. The lowest BCUT2D eigenvalue weighted by Crippen LogP contribution is -2.43. The molecular formula is C12H17ClN4. The number of aryl methyl sites for hydroxylation is 1. The Labute approximate surface area is 106 Å². The van der Waals surface area contributed by atoms with E-state index in [1.165, 1.54) is 0 Å². The molecular weight excluding hydrogens is 236 g/mol. The number of nitrogens with zero attached hydrogens (tertiary/aromatic N) is 4. The van der Waals surface area contributed by atoms with Crippen molar-refractivity contribution in [2.45, 2.75) is 26.3 Å². The van der Waals surface area contributed by atoms with Crippen LogP contribution < -0.4 is 4.90 Å². The predicted octanol–water partition coefficient (Wildman–Crippen LogP) is 2.49. The Balaban J connectivity index is 2.58. The van der Waals surface area contributed by atoms with Crippen LogP contribution in [-0.2, 0) is 0 Å². The molecule has 0 aliphatic heterocycles. The summed E-state index contributed by atoms with van der Waals surface area (Å²) in [6, 6.07) is 4.11. The van der Waals surface area contributed by atoms with Gasteiger partial charge in [-0.05, 0) is 38.5 Å². The van der Waals surface area contributed by atoms with Crippen molar-refractivity contribution in [3.05, 3.63) is 24.0 Å². The Morgan fingerprint density at radius 1 is 1.41 bits per heavy atom. The quantitative estimate of drug-likeness (QED) is 0.787. The van der Waals surface area contributed by atoms with Gasteiger partial charge in [0.1, 0.15) is 12.1 Å². The highest BCUT2D eigenvalue weighted by Gasteiger charge is 2.24. The van der Waals surface area contributed by atoms with Crippen LogP contribution in [0.1, 0.15) is 19.4 Å². The molecule has 2 heterocycles. The van der Waals surface area contributed by atoms with Gasteiger partial charge in [-0.2, -0.15) is 9.61 Å². The number of alkyl halides is 1. The summed E-state index contributed by atoms with van der Waals surface area (Å²) in [6.07, 6.45) is 1.57. The van der Waals surface area contributed by atoms with E-state index in [9.17, 15) is 0 Å². The number of hydrogen-bond acceptors (Lipinski definition) is 3. The summed E-state index contributed by atoms with van der Waals surface area (Å²) in [5.74, 6) is 1.55. The Morgan fingerprint density at radius 3 is 2.76 bits per heavy atom.